The van der Waals surface area contributed by atoms with E-state index in [2.05, 4.69) is 19.9 Å². The summed E-state index contributed by atoms with van der Waals surface area (Å²) in [5, 5.41) is 3.42. The number of halogens is 3. The Labute approximate surface area is 180 Å². The molecule has 2 aliphatic heterocycles. The van der Waals surface area contributed by atoms with Gasteiger partial charge in [0, 0.05) is 38.7 Å². The van der Waals surface area contributed by atoms with Gasteiger partial charge in [-0.1, -0.05) is 18.2 Å². The van der Waals surface area contributed by atoms with E-state index in [0.717, 1.165) is 57.8 Å². The van der Waals surface area contributed by atoms with Crippen LogP contribution in [0.1, 0.15) is 43.6 Å². The van der Waals surface area contributed by atoms with Crippen LogP contribution in [0.3, 0.4) is 0 Å². The Bertz CT molecular complexity index is 760. The zero-order valence-corrected chi connectivity index (χ0v) is 17.7. The predicted molar refractivity (Wildman–Crippen MR) is 110 cm³/mol. The third-order valence-electron chi connectivity index (χ3n) is 6.14. The van der Waals surface area contributed by atoms with Gasteiger partial charge in [0.25, 0.3) is 0 Å². The summed E-state index contributed by atoms with van der Waals surface area (Å²) in [4.78, 5) is 6.59. The number of rotatable bonds is 6. The van der Waals surface area contributed by atoms with Crippen molar-refractivity contribution >= 4 is 5.96 Å². The first-order chi connectivity index (χ1) is 14.9. The number of aliphatic imine (C=N–C) groups is 1. The summed E-state index contributed by atoms with van der Waals surface area (Å²) in [7, 11) is 1.74. The molecule has 0 bridgehead atoms. The molecule has 2 saturated heterocycles. The molecular weight excluding hydrogens is 411 g/mol. The highest BCUT2D eigenvalue weighted by Crippen LogP contribution is 2.45. The van der Waals surface area contributed by atoms with Crippen LogP contribution in [0.4, 0.5) is 13.2 Å². The molecule has 1 aromatic rings. The van der Waals surface area contributed by atoms with Crippen molar-refractivity contribution < 1.29 is 27.4 Å². The number of alkyl halides is 3. The van der Waals surface area contributed by atoms with Gasteiger partial charge in [-0.15, -0.1) is 13.2 Å². The van der Waals surface area contributed by atoms with Crippen LogP contribution >= 0.6 is 0 Å². The summed E-state index contributed by atoms with van der Waals surface area (Å²) in [6.07, 6.45) is 0.562. The Morgan fingerprint density at radius 2 is 2.00 bits per heavy atom. The molecule has 3 fully saturated rings. The Morgan fingerprint density at radius 3 is 2.68 bits per heavy atom. The summed E-state index contributed by atoms with van der Waals surface area (Å²) < 4.78 is 54.0. The molecule has 1 saturated carbocycles. The summed E-state index contributed by atoms with van der Waals surface area (Å²) in [6.45, 7) is 3.17. The highest BCUT2D eigenvalue weighted by Gasteiger charge is 2.43. The van der Waals surface area contributed by atoms with E-state index in [1.165, 1.54) is 6.07 Å². The van der Waals surface area contributed by atoms with E-state index < -0.39 is 6.36 Å². The van der Waals surface area contributed by atoms with Crippen LogP contribution in [0.25, 0.3) is 0 Å². The normalized spacial score (nSPS) is 27.4. The number of likely N-dealkylation sites (tertiary alicyclic amines) is 1. The van der Waals surface area contributed by atoms with Gasteiger partial charge in [-0.3, -0.25) is 4.99 Å². The van der Waals surface area contributed by atoms with Gasteiger partial charge in [-0.2, -0.15) is 0 Å². The van der Waals surface area contributed by atoms with Crippen LogP contribution in [0.5, 0.6) is 5.75 Å². The number of guanidine groups is 1. The Morgan fingerprint density at radius 1 is 1.23 bits per heavy atom. The zero-order valence-electron chi connectivity index (χ0n) is 17.7. The Balaban J connectivity index is 1.26. The number of nitrogens with zero attached hydrogens (tertiary/aromatic N) is 2. The standard InChI is InChI=1S/C22H30F3N3O3/c1-26-21(28-10-8-15(9-11-28)30-14-16-5-4-12-29-16)27-19-13-18(19)17-6-2-3-7-20(17)31-22(23,24)25/h2-3,6-7,15-16,18-19H,4-5,8-14H2,1H3,(H,26,27). The molecule has 0 amide bonds. The molecule has 31 heavy (non-hydrogen) atoms. The fourth-order valence-corrected chi connectivity index (χ4v) is 4.42. The molecule has 1 N–H and O–H groups in total. The number of para-hydroxylation sites is 1. The molecule has 3 unspecified atom stereocenters. The van der Waals surface area contributed by atoms with E-state index in [1.807, 2.05) is 0 Å². The molecule has 0 spiro atoms. The fourth-order valence-electron chi connectivity index (χ4n) is 4.42. The predicted octanol–water partition coefficient (Wildman–Crippen LogP) is 3.68. The molecule has 0 radical (unpaired) electrons. The maximum atomic E-state index is 12.7. The molecular formula is C22H30F3N3O3. The van der Waals surface area contributed by atoms with Crippen LogP contribution in [0.2, 0.25) is 0 Å². The third-order valence-corrected chi connectivity index (χ3v) is 6.14. The van der Waals surface area contributed by atoms with Crippen molar-refractivity contribution in [1.82, 2.24) is 10.2 Å². The Kier molecular flexibility index (Phi) is 6.91. The minimum absolute atomic E-state index is 0.0254. The van der Waals surface area contributed by atoms with Gasteiger partial charge >= 0.3 is 6.36 Å². The number of benzene rings is 1. The van der Waals surface area contributed by atoms with E-state index >= 15 is 0 Å². The van der Waals surface area contributed by atoms with Gasteiger partial charge in [-0.25, -0.2) is 0 Å². The molecule has 0 aromatic heterocycles. The fraction of sp³-hybridized carbons (Fsp3) is 0.682. The van der Waals surface area contributed by atoms with Crippen molar-refractivity contribution in [2.24, 2.45) is 4.99 Å². The molecule has 1 aromatic carbocycles. The summed E-state index contributed by atoms with van der Waals surface area (Å²) in [6, 6.07) is 6.41. The van der Waals surface area contributed by atoms with Gasteiger partial charge in [0.2, 0.25) is 0 Å². The molecule has 6 nitrogen and oxygen atoms in total. The van der Waals surface area contributed by atoms with Crippen LogP contribution < -0.4 is 10.1 Å². The summed E-state index contributed by atoms with van der Waals surface area (Å²) in [5.41, 5.74) is 0.578. The quantitative estimate of drug-likeness (QED) is 0.539. The van der Waals surface area contributed by atoms with E-state index in [4.69, 9.17) is 9.47 Å². The lowest BCUT2D eigenvalue weighted by atomic mass is 10.1. The van der Waals surface area contributed by atoms with Gasteiger partial charge in [-0.05, 0) is 43.7 Å². The smallest absolute Gasteiger partial charge is 0.405 e. The molecule has 9 heteroatoms. The second kappa shape index (κ2) is 9.65. The van der Waals surface area contributed by atoms with Crippen LogP contribution in [-0.2, 0) is 9.47 Å². The summed E-state index contributed by atoms with van der Waals surface area (Å²) in [5.74, 6) is 0.644. The average molecular weight is 441 g/mol. The number of nitrogens with one attached hydrogen (secondary N) is 1. The third kappa shape index (κ3) is 6.04. The van der Waals surface area contributed by atoms with Crippen molar-refractivity contribution in [2.75, 3.05) is 33.4 Å². The van der Waals surface area contributed by atoms with Crippen molar-refractivity contribution in [3.8, 4) is 5.75 Å². The van der Waals surface area contributed by atoms with E-state index in [-0.39, 0.29) is 29.9 Å². The average Bonchev–Trinajstić information content (AvgIpc) is 3.30. The minimum atomic E-state index is -4.69. The second-order valence-corrected chi connectivity index (χ2v) is 8.38. The number of piperidine rings is 1. The highest BCUT2D eigenvalue weighted by atomic mass is 19.4. The number of ether oxygens (including phenoxy) is 3. The van der Waals surface area contributed by atoms with E-state index in [0.29, 0.717) is 12.2 Å². The lowest BCUT2D eigenvalue weighted by molar-refractivity contribution is -0.274. The van der Waals surface area contributed by atoms with E-state index in [1.54, 1.807) is 25.2 Å². The molecule has 172 valence electrons. The maximum absolute atomic E-state index is 12.7. The maximum Gasteiger partial charge on any atom is 0.573 e. The van der Waals surface area contributed by atoms with Gasteiger partial charge in [0.05, 0.1) is 18.8 Å². The number of hydrogen-bond donors (Lipinski definition) is 1. The van der Waals surface area contributed by atoms with E-state index in [9.17, 15) is 13.2 Å². The summed E-state index contributed by atoms with van der Waals surface area (Å²) >= 11 is 0. The monoisotopic (exact) mass is 441 g/mol. The molecule has 3 aliphatic rings. The van der Waals surface area contributed by atoms with Crippen LogP contribution in [-0.4, -0.2) is 68.8 Å². The topological polar surface area (TPSA) is 55.3 Å². The van der Waals surface area contributed by atoms with Crippen molar-refractivity contribution in [3.63, 3.8) is 0 Å². The lowest BCUT2D eigenvalue weighted by Crippen LogP contribution is -2.48. The molecule has 1 aliphatic carbocycles. The molecule has 2 heterocycles. The van der Waals surface area contributed by atoms with Crippen LogP contribution in [0, 0.1) is 0 Å². The van der Waals surface area contributed by atoms with Crippen molar-refractivity contribution in [3.05, 3.63) is 29.8 Å². The lowest BCUT2D eigenvalue weighted by Gasteiger charge is -2.34. The van der Waals surface area contributed by atoms with Gasteiger partial charge in [0.15, 0.2) is 5.96 Å². The first kappa shape index (κ1) is 22.2. The van der Waals surface area contributed by atoms with Gasteiger partial charge in [0.1, 0.15) is 5.75 Å². The SMILES string of the molecule is CN=C(NC1CC1c1ccccc1OC(F)(F)F)N1CCC(OCC2CCCO2)CC1. The largest absolute Gasteiger partial charge is 0.573 e. The molecule has 4 rings (SSSR count). The minimum Gasteiger partial charge on any atom is -0.405 e. The number of hydrogen-bond acceptors (Lipinski definition) is 4. The first-order valence-corrected chi connectivity index (χ1v) is 11.0. The van der Waals surface area contributed by atoms with Crippen molar-refractivity contribution in [2.45, 2.75) is 62.6 Å². The Hall–Kier alpha value is -2.00. The van der Waals surface area contributed by atoms with Crippen molar-refractivity contribution in [1.29, 1.82) is 0 Å². The van der Waals surface area contributed by atoms with Gasteiger partial charge < -0.3 is 24.4 Å². The highest BCUT2D eigenvalue weighted by molar-refractivity contribution is 5.81. The second-order valence-electron chi connectivity index (χ2n) is 8.38. The first-order valence-electron chi connectivity index (χ1n) is 11.0. The molecule has 3 atom stereocenters. The van der Waals surface area contributed by atoms with Crippen LogP contribution in [0.15, 0.2) is 29.3 Å². The zero-order chi connectivity index (χ0) is 21.8.